The first-order valence-corrected chi connectivity index (χ1v) is 13.9. The molecule has 1 aliphatic heterocycles. The number of hydrogen-bond donors (Lipinski definition) is 1. The zero-order valence-electron chi connectivity index (χ0n) is 21.8. The van der Waals surface area contributed by atoms with Gasteiger partial charge in [-0.1, -0.05) is 87.5 Å². The van der Waals surface area contributed by atoms with Crippen LogP contribution in [0, 0.1) is 0 Å². The van der Waals surface area contributed by atoms with E-state index < -0.39 is 0 Å². The minimum Gasteiger partial charge on any atom is -0.359 e. The predicted octanol–water partition coefficient (Wildman–Crippen LogP) is 9.68. The predicted molar refractivity (Wildman–Crippen MR) is 163 cm³/mol. The normalized spacial score (nSPS) is 15.1. The monoisotopic (exact) mass is 511 g/mol. The summed E-state index contributed by atoms with van der Waals surface area (Å²) in [5.74, 6) is 0. The van der Waals surface area contributed by atoms with Gasteiger partial charge in [0.2, 0.25) is 0 Å². The van der Waals surface area contributed by atoms with Crippen LogP contribution in [0.4, 0.5) is 17.1 Å². The van der Waals surface area contributed by atoms with Crippen molar-refractivity contribution >= 4 is 48.7 Å². The zero-order chi connectivity index (χ0) is 25.9. The van der Waals surface area contributed by atoms with E-state index in [9.17, 15) is 0 Å². The number of para-hydroxylation sites is 2. The molecule has 0 aliphatic carbocycles. The highest BCUT2D eigenvalue weighted by molar-refractivity contribution is 7.25. The van der Waals surface area contributed by atoms with E-state index in [0.29, 0.717) is 0 Å². The lowest BCUT2D eigenvalue weighted by atomic mass is 9.84. The standard InChI is InChI=1S/C34H29N3S/c1-34(2,3)24-17-18-28(26(20-24)22-11-5-4-6-12-22)37-29-15-9-8-14-27(29)36-33(37)23-19-31-32(35-21-23)25-13-7-10-16-30(25)38-31/h4-21,33,36H,1-3H3. The lowest BCUT2D eigenvalue weighted by molar-refractivity contribution is 0.590. The van der Waals surface area contributed by atoms with Gasteiger partial charge in [-0.05, 0) is 52.9 Å². The molecule has 0 amide bonds. The molecule has 3 heterocycles. The fourth-order valence-corrected chi connectivity index (χ4v) is 6.59. The molecule has 1 aliphatic rings. The molecular weight excluding hydrogens is 482 g/mol. The number of fused-ring (bicyclic) bond motifs is 4. The first kappa shape index (κ1) is 23.0. The Morgan fingerprint density at radius 3 is 2.37 bits per heavy atom. The van der Waals surface area contributed by atoms with Gasteiger partial charge in [0.1, 0.15) is 6.17 Å². The molecule has 186 valence electrons. The molecule has 6 aromatic rings. The van der Waals surface area contributed by atoms with Crippen molar-refractivity contribution in [2.24, 2.45) is 0 Å². The van der Waals surface area contributed by atoms with E-state index in [1.165, 1.54) is 42.9 Å². The first-order chi connectivity index (χ1) is 18.5. The molecule has 3 nitrogen and oxygen atoms in total. The van der Waals surface area contributed by atoms with Crippen molar-refractivity contribution < 1.29 is 0 Å². The number of nitrogens with one attached hydrogen (secondary N) is 1. The number of thiophene rings is 1. The third-order valence-corrected chi connectivity index (χ3v) is 8.58. The molecular formula is C34H29N3S. The van der Waals surface area contributed by atoms with E-state index in [1.54, 1.807) is 0 Å². The Morgan fingerprint density at radius 1 is 0.763 bits per heavy atom. The maximum Gasteiger partial charge on any atom is 0.132 e. The van der Waals surface area contributed by atoms with Crippen LogP contribution in [-0.4, -0.2) is 4.98 Å². The van der Waals surface area contributed by atoms with E-state index in [1.807, 2.05) is 17.5 Å². The van der Waals surface area contributed by atoms with Crippen LogP contribution in [0.25, 0.3) is 31.4 Å². The number of pyridine rings is 1. The molecule has 1 unspecified atom stereocenters. The van der Waals surface area contributed by atoms with Crippen molar-refractivity contribution in [2.45, 2.75) is 32.4 Å². The second-order valence-electron chi connectivity index (χ2n) is 11.0. The molecule has 0 bridgehead atoms. The average molecular weight is 512 g/mol. The molecule has 7 rings (SSSR count). The van der Waals surface area contributed by atoms with E-state index in [4.69, 9.17) is 4.98 Å². The fourth-order valence-electron chi connectivity index (χ4n) is 5.48. The smallest absolute Gasteiger partial charge is 0.132 e. The summed E-state index contributed by atoms with van der Waals surface area (Å²) in [6, 6.07) is 37.1. The molecule has 0 spiro atoms. The van der Waals surface area contributed by atoms with Crippen LogP contribution in [0.2, 0.25) is 0 Å². The fraction of sp³-hybridized carbons (Fsp3) is 0.147. The van der Waals surface area contributed by atoms with Gasteiger partial charge >= 0.3 is 0 Å². The Hall–Kier alpha value is -4.15. The van der Waals surface area contributed by atoms with E-state index in [0.717, 1.165) is 16.8 Å². The highest BCUT2D eigenvalue weighted by atomic mass is 32.1. The van der Waals surface area contributed by atoms with Gasteiger partial charge in [-0.3, -0.25) is 4.98 Å². The zero-order valence-corrected chi connectivity index (χ0v) is 22.6. The van der Waals surface area contributed by atoms with Gasteiger partial charge in [0.05, 0.1) is 27.3 Å². The molecule has 0 saturated carbocycles. The number of benzene rings is 4. The second kappa shape index (κ2) is 8.71. The van der Waals surface area contributed by atoms with E-state index >= 15 is 0 Å². The summed E-state index contributed by atoms with van der Waals surface area (Å²) in [5, 5.41) is 5.04. The van der Waals surface area contributed by atoms with Gasteiger partial charge in [-0.2, -0.15) is 0 Å². The molecule has 0 saturated heterocycles. The summed E-state index contributed by atoms with van der Waals surface area (Å²) < 4.78 is 2.49. The lowest BCUT2D eigenvalue weighted by Gasteiger charge is -2.31. The third kappa shape index (κ3) is 3.75. The van der Waals surface area contributed by atoms with Gasteiger partial charge < -0.3 is 10.2 Å². The van der Waals surface area contributed by atoms with Gasteiger partial charge in [0.15, 0.2) is 0 Å². The highest BCUT2D eigenvalue weighted by Gasteiger charge is 2.33. The van der Waals surface area contributed by atoms with Gasteiger partial charge in [-0.15, -0.1) is 11.3 Å². The van der Waals surface area contributed by atoms with Crippen molar-refractivity contribution in [2.75, 3.05) is 10.2 Å². The Balaban J connectivity index is 1.43. The lowest BCUT2D eigenvalue weighted by Crippen LogP contribution is -2.24. The summed E-state index contributed by atoms with van der Waals surface area (Å²) in [6.45, 7) is 6.83. The van der Waals surface area contributed by atoms with Crippen LogP contribution < -0.4 is 10.2 Å². The Labute approximate surface area is 227 Å². The quantitative estimate of drug-likeness (QED) is 0.256. The van der Waals surface area contributed by atoms with Gasteiger partial charge in [0.25, 0.3) is 0 Å². The van der Waals surface area contributed by atoms with Crippen LogP contribution in [0.15, 0.2) is 109 Å². The SMILES string of the molecule is CC(C)(C)c1ccc(N2c3ccccc3NC2c2cnc3c(c2)sc2ccccc23)c(-c2ccccc2)c1. The summed E-state index contributed by atoms with van der Waals surface area (Å²) in [5.41, 5.74) is 9.55. The van der Waals surface area contributed by atoms with Crippen LogP contribution in [0.5, 0.6) is 0 Å². The minimum atomic E-state index is -0.0718. The van der Waals surface area contributed by atoms with Crippen molar-refractivity contribution in [1.82, 2.24) is 4.98 Å². The van der Waals surface area contributed by atoms with Crippen molar-refractivity contribution in [3.8, 4) is 11.1 Å². The topological polar surface area (TPSA) is 28.2 Å². The number of nitrogens with zero attached hydrogens (tertiary/aromatic N) is 2. The van der Waals surface area contributed by atoms with Crippen LogP contribution in [0.3, 0.4) is 0 Å². The summed E-state index contributed by atoms with van der Waals surface area (Å²) in [4.78, 5) is 7.42. The third-order valence-electron chi connectivity index (χ3n) is 7.47. The molecule has 0 radical (unpaired) electrons. The molecule has 0 fully saturated rings. The molecule has 38 heavy (non-hydrogen) atoms. The maximum atomic E-state index is 4.98. The first-order valence-electron chi connectivity index (χ1n) is 13.1. The van der Waals surface area contributed by atoms with Crippen molar-refractivity contribution in [3.63, 3.8) is 0 Å². The summed E-state index contributed by atoms with van der Waals surface area (Å²) >= 11 is 1.81. The second-order valence-corrected chi connectivity index (χ2v) is 12.1. The van der Waals surface area contributed by atoms with Crippen molar-refractivity contribution in [3.05, 3.63) is 120 Å². The van der Waals surface area contributed by atoms with Crippen LogP contribution in [0.1, 0.15) is 38.1 Å². The molecule has 4 heteroatoms. The van der Waals surface area contributed by atoms with Crippen LogP contribution in [-0.2, 0) is 5.41 Å². The maximum absolute atomic E-state index is 4.98. The molecule has 4 aromatic carbocycles. The van der Waals surface area contributed by atoms with Gasteiger partial charge in [0, 0.05) is 27.4 Å². The van der Waals surface area contributed by atoms with E-state index in [2.05, 4.69) is 134 Å². The number of anilines is 3. The average Bonchev–Trinajstić information content (AvgIpc) is 3.51. The van der Waals surface area contributed by atoms with Gasteiger partial charge in [-0.25, -0.2) is 0 Å². The number of rotatable bonds is 3. The Morgan fingerprint density at radius 2 is 1.53 bits per heavy atom. The summed E-state index contributed by atoms with van der Waals surface area (Å²) in [7, 11) is 0. The highest BCUT2D eigenvalue weighted by Crippen LogP contribution is 2.49. The van der Waals surface area contributed by atoms with E-state index in [-0.39, 0.29) is 11.6 Å². The Kier molecular flexibility index (Phi) is 5.27. The van der Waals surface area contributed by atoms with Crippen molar-refractivity contribution in [1.29, 1.82) is 0 Å². The number of hydrogen-bond acceptors (Lipinski definition) is 4. The molecule has 2 aromatic heterocycles. The minimum absolute atomic E-state index is 0.0543. The molecule has 1 atom stereocenters. The largest absolute Gasteiger partial charge is 0.359 e. The Bertz CT molecular complexity index is 1800. The molecule has 1 N–H and O–H groups in total. The number of aromatic nitrogens is 1. The summed E-state index contributed by atoms with van der Waals surface area (Å²) in [6.07, 6.45) is 1.97. The van der Waals surface area contributed by atoms with Crippen LogP contribution >= 0.6 is 11.3 Å².